The summed E-state index contributed by atoms with van der Waals surface area (Å²) >= 11 is 3.37. The number of halogens is 1. The first-order valence-corrected chi connectivity index (χ1v) is 13.8. The third-order valence-electron chi connectivity index (χ3n) is 6.10. The van der Waals surface area contributed by atoms with Gasteiger partial charge in [-0.05, 0) is 48.5 Å². The number of hydrogen-bond acceptors (Lipinski definition) is 7. The van der Waals surface area contributed by atoms with Crippen molar-refractivity contribution in [3.63, 3.8) is 0 Å². The number of nitrogens with zero attached hydrogens (tertiary/aromatic N) is 1. The van der Waals surface area contributed by atoms with Crippen molar-refractivity contribution in [2.75, 3.05) is 38.2 Å². The number of sulfonamides is 1. The quantitative estimate of drug-likeness (QED) is 0.299. The van der Waals surface area contributed by atoms with Gasteiger partial charge in [0.05, 0.1) is 30.3 Å². The van der Waals surface area contributed by atoms with Crippen LogP contribution in [0.2, 0.25) is 0 Å². The number of ether oxygens (including phenoxy) is 1. The van der Waals surface area contributed by atoms with Gasteiger partial charge < -0.3 is 14.5 Å². The molecule has 3 aromatic carbocycles. The zero-order chi connectivity index (χ0) is 26.0. The summed E-state index contributed by atoms with van der Waals surface area (Å²) in [4.78, 5) is 26.4. The van der Waals surface area contributed by atoms with Crippen LogP contribution in [0.5, 0.6) is 0 Å². The lowest BCUT2D eigenvalue weighted by atomic mass is 10.1. The highest BCUT2D eigenvalue weighted by Gasteiger charge is 2.27. The van der Waals surface area contributed by atoms with Crippen molar-refractivity contribution in [1.29, 1.82) is 0 Å². The fraction of sp³-hybridized carbons (Fsp3) is 0.185. The number of furan rings is 1. The molecular formula is C27H23BrN2O6S. The van der Waals surface area contributed by atoms with Gasteiger partial charge in [-0.1, -0.05) is 40.2 Å². The predicted octanol–water partition coefficient (Wildman–Crippen LogP) is 4.74. The molecule has 0 unspecified atom stereocenters. The molecule has 2 heterocycles. The zero-order valence-electron chi connectivity index (χ0n) is 19.6. The fourth-order valence-corrected chi connectivity index (χ4v) is 5.87. The van der Waals surface area contributed by atoms with E-state index in [1.807, 2.05) is 6.07 Å². The van der Waals surface area contributed by atoms with Crippen LogP contribution in [0.15, 0.2) is 86.6 Å². The van der Waals surface area contributed by atoms with E-state index in [2.05, 4.69) is 21.2 Å². The third kappa shape index (κ3) is 5.24. The number of anilines is 1. The second kappa shape index (κ2) is 10.6. The predicted molar refractivity (Wildman–Crippen MR) is 143 cm³/mol. The van der Waals surface area contributed by atoms with Crippen molar-refractivity contribution in [1.82, 2.24) is 4.31 Å². The van der Waals surface area contributed by atoms with Crippen LogP contribution >= 0.6 is 15.9 Å². The molecule has 1 aromatic heterocycles. The van der Waals surface area contributed by atoms with E-state index in [1.165, 1.54) is 16.4 Å². The minimum atomic E-state index is -3.74. The molecule has 0 saturated carbocycles. The van der Waals surface area contributed by atoms with Gasteiger partial charge >= 0.3 is 0 Å². The van der Waals surface area contributed by atoms with Crippen LogP contribution in [0.25, 0.3) is 11.0 Å². The normalized spacial score (nSPS) is 14.5. The molecule has 1 aliphatic heterocycles. The smallest absolute Gasteiger partial charge is 0.243 e. The Balaban J connectivity index is 1.40. The lowest BCUT2D eigenvalue weighted by Crippen LogP contribution is -2.40. The van der Waals surface area contributed by atoms with Gasteiger partial charge in [0.25, 0.3) is 0 Å². The molecule has 1 fully saturated rings. The summed E-state index contributed by atoms with van der Waals surface area (Å²) in [5.41, 5.74) is 1.61. The molecule has 0 bridgehead atoms. The van der Waals surface area contributed by atoms with Gasteiger partial charge in [-0.15, -0.1) is 0 Å². The number of fused-ring (bicyclic) bond motifs is 1. The van der Waals surface area contributed by atoms with E-state index in [9.17, 15) is 18.0 Å². The maximum atomic E-state index is 13.3. The maximum absolute atomic E-state index is 13.3. The first kappa shape index (κ1) is 25.3. The topological polar surface area (TPSA) is 106 Å². The highest BCUT2D eigenvalue weighted by molar-refractivity contribution is 9.10. The molecule has 0 amide bonds. The average molecular weight is 583 g/mol. The van der Waals surface area contributed by atoms with Gasteiger partial charge in [-0.25, -0.2) is 8.42 Å². The lowest BCUT2D eigenvalue weighted by Gasteiger charge is -2.26. The summed E-state index contributed by atoms with van der Waals surface area (Å²) in [6.45, 7) is 1.05. The minimum Gasteiger partial charge on any atom is -0.450 e. The molecule has 8 nitrogen and oxygen atoms in total. The first-order chi connectivity index (χ1) is 17.8. The average Bonchev–Trinajstić information content (AvgIpc) is 3.31. The molecule has 0 aliphatic carbocycles. The van der Waals surface area contributed by atoms with Crippen LogP contribution in [0.1, 0.15) is 26.5 Å². The second-order valence-corrected chi connectivity index (χ2v) is 11.3. The second-order valence-electron chi connectivity index (χ2n) is 8.46. The van der Waals surface area contributed by atoms with Crippen LogP contribution in [0, 0.1) is 0 Å². The molecule has 10 heteroatoms. The third-order valence-corrected chi connectivity index (χ3v) is 8.52. The highest BCUT2D eigenvalue weighted by Crippen LogP contribution is 2.33. The number of benzene rings is 3. The summed E-state index contributed by atoms with van der Waals surface area (Å²) in [7, 11) is -3.74. The van der Waals surface area contributed by atoms with Gasteiger partial charge in [0.1, 0.15) is 5.58 Å². The molecule has 4 aromatic rings. The van der Waals surface area contributed by atoms with Crippen molar-refractivity contribution in [3.8, 4) is 0 Å². The summed E-state index contributed by atoms with van der Waals surface area (Å²) < 4.78 is 39.4. The van der Waals surface area contributed by atoms with Crippen LogP contribution in [0.4, 0.5) is 5.69 Å². The molecule has 0 spiro atoms. The number of morpholine rings is 1. The molecule has 5 rings (SSSR count). The molecule has 0 radical (unpaired) electrons. The Morgan fingerprint density at radius 3 is 2.41 bits per heavy atom. The molecule has 37 heavy (non-hydrogen) atoms. The summed E-state index contributed by atoms with van der Waals surface area (Å²) in [5.74, 6) is -0.552. The van der Waals surface area contributed by atoms with Gasteiger partial charge in [0, 0.05) is 34.1 Å². The molecule has 1 saturated heterocycles. The summed E-state index contributed by atoms with van der Waals surface area (Å²) in [6, 6.07) is 20.1. The van der Waals surface area contributed by atoms with E-state index < -0.39 is 10.0 Å². The lowest BCUT2D eigenvalue weighted by molar-refractivity contribution is 0.0730. The number of carbonyl (C=O) groups is 2. The Labute approximate surface area is 222 Å². The minimum absolute atomic E-state index is 0.0557. The van der Waals surface area contributed by atoms with Gasteiger partial charge in [-0.3, -0.25) is 9.59 Å². The Hall–Kier alpha value is -3.31. The van der Waals surface area contributed by atoms with Gasteiger partial charge in [0.2, 0.25) is 15.8 Å². The standard InChI is InChI=1S/C27H23BrN2O6S/c28-20-10-8-18(9-11-20)26(32)27-25(22-6-1-2-7-24(22)36-27)29-17-23(31)19-4-3-5-21(16-19)37(33,34)30-12-14-35-15-13-30/h1-11,16,29H,12-15,17H2. The van der Waals surface area contributed by atoms with E-state index >= 15 is 0 Å². The molecule has 190 valence electrons. The molecular weight excluding hydrogens is 560 g/mol. The maximum Gasteiger partial charge on any atom is 0.243 e. The number of Topliss-reactive ketones (excluding diaryl/α,β-unsaturated/α-hetero) is 1. The SMILES string of the molecule is O=C(CNc1c(C(=O)c2ccc(Br)cc2)oc2ccccc12)c1cccc(S(=O)(=O)N2CCOCC2)c1. The fourth-order valence-electron chi connectivity index (χ4n) is 4.15. The molecule has 1 aliphatic rings. The Morgan fingerprint density at radius 1 is 0.919 bits per heavy atom. The van der Waals surface area contributed by atoms with E-state index in [1.54, 1.807) is 54.6 Å². The molecule has 0 atom stereocenters. The van der Waals surface area contributed by atoms with Gasteiger partial charge in [-0.2, -0.15) is 4.31 Å². The van der Waals surface area contributed by atoms with Crippen LogP contribution in [-0.4, -0.2) is 57.1 Å². The summed E-state index contributed by atoms with van der Waals surface area (Å²) in [5, 5.41) is 3.73. The van der Waals surface area contributed by atoms with Crippen molar-refractivity contribution in [2.24, 2.45) is 0 Å². The monoisotopic (exact) mass is 582 g/mol. The van der Waals surface area contributed by atoms with E-state index in [4.69, 9.17) is 9.15 Å². The van der Waals surface area contributed by atoms with Crippen molar-refractivity contribution < 1.29 is 27.2 Å². The van der Waals surface area contributed by atoms with Crippen LogP contribution < -0.4 is 5.32 Å². The Bertz CT molecular complexity index is 1570. The van der Waals surface area contributed by atoms with E-state index in [0.29, 0.717) is 35.4 Å². The number of para-hydroxylation sites is 1. The largest absolute Gasteiger partial charge is 0.450 e. The number of carbonyl (C=O) groups excluding carboxylic acids is 2. The number of ketones is 2. The van der Waals surface area contributed by atoms with E-state index in [-0.39, 0.29) is 47.4 Å². The van der Waals surface area contributed by atoms with Gasteiger partial charge in [0.15, 0.2) is 11.5 Å². The Kier molecular flexibility index (Phi) is 7.25. The van der Waals surface area contributed by atoms with Crippen molar-refractivity contribution >= 4 is 54.2 Å². The summed E-state index contributed by atoms with van der Waals surface area (Å²) in [6.07, 6.45) is 0. The molecule has 1 N–H and O–H groups in total. The van der Waals surface area contributed by atoms with Crippen LogP contribution in [0.3, 0.4) is 0 Å². The first-order valence-electron chi connectivity index (χ1n) is 11.6. The number of hydrogen-bond donors (Lipinski definition) is 1. The highest BCUT2D eigenvalue weighted by atomic mass is 79.9. The zero-order valence-corrected chi connectivity index (χ0v) is 22.0. The Morgan fingerprint density at radius 2 is 1.65 bits per heavy atom. The van der Waals surface area contributed by atoms with Crippen LogP contribution in [-0.2, 0) is 14.8 Å². The van der Waals surface area contributed by atoms with Crippen molar-refractivity contribution in [3.05, 3.63) is 94.2 Å². The van der Waals surface area contributed by atoms with Crippen molar-refractivity contribution in [2.45, 2.75) is 4.90 Å². The van der Waals surface area contributed by atoms with E-state index in [0.717, 1.165) is 4.47 Å². The number of nitrogens with one attached hydrogen (secondary N) is 1. The number of rotatable bonds is 8.